The Hall–Kier alpha value is -0.910. The Bertz CT molecular complexity index is 325. The monoisotopic (exact) mass is 254 g/mol. The molecule has 1 heterocycles. The van der Waals surface area contributed by atoms with E-state index < -0.39 is 0 Å². The van der Waals surface area contributed by atoms with Crippen molar-refractivity contribution >= 4 is 0 Å². The Labute approximate surface area is 110 Å². The van der Waals surface area contributed by atoms with Crippen LogP contribution in [-0.2, 0) is 11.3 Å². The molecular weight excluding hydrogens is 228 g/mol. The first-order chi connectivity index (χ1) is 8.69. The average molecular weight is 254 g/mol. The van der Waals surface area contributed by atoms with E-state index in [1.54, 1.807) is 7.11 Å². The van der Waals surface area contributed by atoms with Gasteiger partial charge in [0.2, 0.25) is 0 Å². The Morgan fingerprint density at radius 2 is 2.28 bits per heavy atom. The van der Waals surface area contributed by atoms with E-state index in [-0.39, 0.29) is 0 Å². The van der Waals surface area contributed by atoms with Crippen LogP contribution in [0.2, 0.25) is 0 Å². The zero-order valence-corrected chi connectivity index (χ0v) is 12.0. The standard InChI is InChI=1S/C13H26N4O/c1-5-14-12(7-9-16(2)3)13-6-8-15-17(13)10-11-18-4/h6,8,12,14H,5,7,9-11H2,1-4H3. The predicted molar refractivity (Wildman–Crippen MR) is 73.7 cm³/mol. The van der Waals surface area contributed by atoms with E-state index in [4.69, 9.17) is 4.74 Å². The van der Waals surface area contributed by atoms with E-state index in [2.05, 4.69) is 42.4 Å². The van der Waals surface area contributed by atoms with Gasteiger partial charge in [-0.05, 0) is 39.7 Å². The third-order valence-corrected chi connectivity index (χ3v) is 2.93. The summed E-state index contributed by atoms with van der Waals surface area (Å²) in [5, 5.41) is 7.90. The molecule has 1 atom stereocenters. The third kappa shape index (κ3) is 4.76. The zero-order valence-electron chi connectivity index (χ0n) is 12.0. The topological polar surface area (TPSA) is 42.3 Å². The summed E-state index contributed by atoms with van der Waals surface area (Å²) in [6, 6.07) is 2.45. The Morgan fingerprint density at radius 3 is 2.89 bits per heavy atom. The summed E-state index contributed by atoms with van der Waals surface area (Å²) in [7, 11) is 5.92. The molecule has 1 aromatic heterocycles. The molecule has 18 heavy (non-hydrogen) atoms. The summed E-state index contributed by atoms with van der Waals surface area (Å²) in [5.74, 6) is 0. The molecule has 5 nitrogen and oxygen atoms in total. The van der Waals surface area contributed by atoms with Crippen molar-refractivity contribution in [3.8, 4) is 0 Å². The molecule has 0 radical (unpaired) electrons. The maximum absolute atomic E-state index is 5.12. The SMILES string of the molecule is CCNC(CCN(C)C)c1ccnn1CCOC. The molecule has 0 amide bonds. The molecule has 0 saturated heterocycles. The summed E-state index contributed by atoms with van der Waals surface area (Å²) in [6.45, 7) is 5.67. The fourth-order valence-corrected chi connectivity index (χ4v) is 1.99. The fourth-order valence-electron chi connectivity index (χ4n) is 1.99. The van der Waals surface area contributed by atoms with Crippen LogP contribution >= 0.6 is 0 Å². The number of ether oxygens (including phenoxy) is 1. The van der Waals surface area contributed by atoms with E-state index in [0.717, 1.165) is 26.1 Å². The van der Waals surface area contributed by atoms with Gasteiger partial charge in [0.1, 0.15) is 0 Å². The molecule has 104 valence electrons. The van der Waals surface area contributed by atoms with Gasteiger partial charge >= 0.3 is 0 Å². The lowest BCUT2D eigenvalue weighted by Crippen LogP contribution is -2.28. The van der Waals surface area contributed by atoms with Gasteiger partial charge in [-0.1, -0.05) is 6.92 Å². The van der Waals surface area contributed by atoms with Crippen molar-refractivity contribution in [3.05, 3.63) is 18.0 Å². The van der Waals surface area contributed by atoms with Gasteiger partial charge in [-0.15, -0.1) is 0 Å². The lowest BCUT2D eigenvalue weighted by Gasteiger charge is -2.21. The lowest BCUT2D eigenvalue weighted by atomic mass is 10.1. The number of hydrogen-bond acceptors (Lipinski definition) is 4. The largest absolute Gasteiger partial charge is 0.383 e. The third-order valence-electron chi connectivity index (χ3n) is 2.93. The van der Waals surface area contributed by atoms with Crippen LogP contribution in [-0.4, -0.2) is 55.6 Å². The summed E-state index contributed by atoms with van der Waals surface area (Å²) < 4.78 is 7.15. The normalized spacial score (nSPS) is 13.2. The van der Waals surface area contributed by atoms with Crippen molar-refractivity contribution in [1.82, 2.24) is 20.0 Å². The van der Waals surface area contributed by atoms with Crippen molar-refractivity contribution in [2.24, 2.45) is 0 Å². The highest BCUT2D eigenvalue weighted by atomic mass is 16.5. The highest BCUT2D eigenvalue weighted by molar-refractivity contribution is 5.07. The molecular formula is C13H26N4O. The zero-order chi connectivity index (χ0) is 13.4. The molecule has 0 spiro atoms. The van der Waals surface area contributed by atoms with Crippen molar-refractivity contribution < 1.29 is 4.74 Å². The van der Waals surface area contributed by atoms with E-state index in [1.807, 2.05) is 10.9 Å². The number of methoxy groups -OCH3 is 1. The highest BCUT2D eigenvalue weighted by Gasteiger charge is 2.15. The number of hydrogen-bond donors (Lipinski definition) is 1. The van der Waals surface area contributed by atoms with Crippen molar-refractivity contribution in [2.45, 2.75) is 25.9 Å². The number of nitrogens with one attached hydrogen (secondary N) is 1. The van der Waals surface area contributed by atoms with Gasteiger partial charge in [-0.3, -0.25) is 4.68 Å². The van der Waals surface area contributed by atoms with Crippen LogP contribution < -0.4 is 5.32 Å². The Morgan fingerprint density at radius 1 is 1.50 bits per heavy atom. The first kappa shape index (κ1) is 15.1. The summed E-state index contributed by atoms with van der Waals surface area (Å²) >= 11 is 0. The minimum Gasteiger partial charge on any atom is -0.383 e. The minimum atomic E-state index is 0.358. The highest BCUT2D eigenvalue weighted by Crippen LogP contribution is 2.16. The molecule has 0 fully saturated rings. The second kappa shape index (κ2) is 8.24. The van der Waals surface area contributed by atoms with Crippen LogP contribution in [0.1, 0.15) is 25.1 Å². The maximum Gasteiger partial charge on any atom is 0.0659 e. The number of aromatic nitrogens is 2. The van der Waals surface area contributed by atoms with Gasteiger partial charge in [0, 0.05) is 13.3 Å². The van der Waals surface area contributed by atoms with Crippen LogP contribution in [0.5, 0.6) is 0 Å². The van der Waals surface area contributed by atoms with Crippen molar-refractivity contribution in [1.29, 1.82) is 0 Å². The first-order valence-corrected chi connectivity index (χ1v) is 6.57. The molecule has 0 aromatic carbocycles. The fraction of sp³-hybridized carbons (Fsp3) is 0.769. The van der Waals surface area contributed by atoms with E-state index in [9.17, 15) is 0 Å². The van der Waals surface area contributed by atoms with E-state index in [0.29, 0.717) is 12.6 Å². The van der Waals surface area contributed by atoms with E-state index in [1.165, 1.54) is 5.69 Å². The van der Waals surface area contributed by atoms with Crippen molar-refractivity contribution in [2.75, 3.05) is 40.9 Å². The van der Waals surface area contributed by atoms with Gasteiger partial charge in [0.15, 0.2) is 0 Å². The number of rotatable bonds is 9. The van der Waals surface area contributed by atoms with Crippen LogP contribution in [0.4, 0.5) is 0 Å². The lowest BCUT2D eigenvalue weighted by molar-refractivity contribution is 0.181. The van der Waals surface area contributed by atoms with Crippen LogP contribution in [0.25, 0.3) is 0 Å². The van der Waals surface area contributed by atoms with Gasteiger partial charge in [0.25, 0.3) is 0 Å². The second-order valence-corrected chi connectivity index (χ2v) is 4.67. The van der Waals surface area contributed by atoms with Crippen LogP contribution in [0.15, 0.2) is 12.3 Å². The van der Waals surface area contributed by atoms with Crippen LogP contribution in [0.3, 0.4) is 0 Å². The molecule has 1 aromatic rings. The molecule has 1 rings (SSSR count). The Balaban J connectivity index is 2.68. The average Bonchev–Trinajstić information content (AvgIpc) is 2.79. The van der Waals surface area contributed by atoms with Gasteiger partial charge < -0.3 is 15.0 Å². The molecule has 5 heteroatoms. The maximum atomic E-state index is 5.12. The van der Waals surface area contributed by atoms with Crippen LogP contribution in [0, 0.1) is 0 Å². The molecule has 1 N–H and O–H groups in total. The van der Waals surface area contributed by atoms with Crippen molar-refractivity contribution in [3.63, 3.8) is 0 Å². The molecule has 0 saturated carbocycles. The summed E-state index contributed by atoms with van der Waals surface area (Å²) in [5.41, 5.74) is 1.25. The quantitative estimate of drug-likeness (QED) is 0.717. The minimum absolute atomic E-state index is 0.358. The summed E-state index contributed by atoms with van der Waals surface area (Å²) in [6.07, 6.45) is 2.95. The first-order valence-electron chi connectivity index (χ1n) is 6.57. The summed E-state index contributed by atoms with van der Waals surface area (Å²) in [4.78, 5) is 2.21. The molecule has 0 aliphatic rings. The molecule has 0 aliphatic carbocycles. The Kier molecular flexibility index (Phi) is 6.93. The molecule has 0 aliphatic heterocycles. The molecule has 0 bridgehead atoms. The van der Waals surface area contributed by atoms with Gasteiger partial charge in [0.05, 0.1) is 24.9 Å². The second-order valence-electron chi connectivity index (χ2n) is 4.67. The molecule has 1 unspecified atom stereocenters. The smallest absolute Gasteiger partial charge is 0.0659 e. The van der Waals surface area contributed by atoms with E-state index >= 15 is 0 Å². The van der Waals surface area contributed by atoms with Gasteiger partial charge in [-0.25, -0.2) is 0 Å². The van der Waals surface area contributed by atoms with Gasteiger partial charge in [-0.2, -0.15) is 5.10 Å². The number of nitrogens with zero attached hydrogens (tertiary/aromatic N) is 3. The predicted octanol–water partition coefficient (Wildman–Crippen LogP) is 1.13.